The Balaban J connectivity index is 2.30. The smallest absolute Gasteiger partial charge is 0.232 e. The predicted molar refractivity (Wildman–Crippen MR) is 78.8 cm³/mol. The van der Waals surface area contributed by atoms with E-state index in [-0.39, 0.29) is 5.75 Å². The van der Waals surface area contributed by atoms with Gasteiger partial charge in [0.25, 0.3) is 0 Å². The molecule has 0 saturated heterocycles. The van der Waals surface area contributed by atoms with Crippen molar-refractivity contribution in [1.82, 2.24) is 10.3 Å². The van der Waals surface area contributed by atoms with Gasteiger partial charge in [-0.2, -0.15) is 0 Å². The summed E-state index contributed by atoms with van der Waals surface area (Å²) < 4.78 is 26.2. The average molecular weight is 285 g/mol. The summed E-state index contributed by atoms with van der Waals surface area (Å²) in [6.45, 7) is 5.83. The molecule has 0 spiro atoms. The second-order valence-electron chi connectivity index (χ2n) is 4.57. The molecule has 0 bridgehead atoms. The highest BCUT2D eigenvalue weighted by Gasteiger charge is 2.09. The molecule has 19 heavy (non-hydrogen) atoms. The molecule has 0 aromatic carbocycles. The fraction of sp³-hybridized carbons (Fsp3) is 0.615. The molecule has 1 rings (SSSR count). The molecule has 0 aliphatic heterocycles. The quantitative estimate of drug-likeness (QED) is 0.680. The first kappa shape index (κ1) is 15.9. The maximum absolute atomic E-state index is 11.8. The summed E-state index contributed by atoms with van der Waals surface area (Å²) in [4.78, 5) is 4.06. The van der Waals surface area contributed by atoms with Crippen LogP contribution < -0.4 is 10.0 Å². The Morgan fingerprint density at radius 3 is 2.63 bits per heavy atom. The predicted octanol–water partition coefficient (Wildman–Crippen LogP) is 1.91. The molecular formula is C13H23N3O2S. The molecule has 1 aromatic heterocycles. The van der Waals surface area contributed by atoms with E-state index in [1.54, 1.807) is 12.1 Å². The van der Waals surface area contributed by atoms with E-state index in [9.17, 15) is 8.42 Å². The molecule has 2 N–H and O–H groups in total. The topological polar surface area (TPSA) is 71.1 Å². The molecule has 0 amide bonds. The van der Waals surface area contributed by atoms with Crippen LogP contribution in [0.1, 0.15) is 31.9 Å². The maximum atomic E-state index is 11.8. The number of sulfonamides is 1. The lowest BCUT2D eigenvalue weighted by molar-refractivity contribution is 0.590. The first-order valence-electron chi connectivity index (χ1n) is 6.67. The number of aromatic nitrogens is 1. The van der Waals surface area contributed by atoms with Gasteiger partial charge in [0.15, 0.2) is 0 Å². The third kappa shape index (κ3) is 7.12. The van der Waals surface area contributed by atoms with Crippen LogP contribution in [0.5, 0.6) is 0 Å². The maximum Gasteiger partial charge on any atom is 0.232 e. The average Bonchev–Trinajstić information content (AvgIpc) is 2.36. The van der Waals surface area contributed by atoms with Crippen LogP contribution in [-0.2, 0) is 10.0 Å². The Morgan fingerprint density at radius 1 is 1.21 bits per heavy atom. The fourth-order valence-corrected chi connectivity index (χ4v) is 2.77. The van der Waals surface area contributed by atoms with Crippen molar-refractivity contribution < 1.29 is 8.42 Å². The SMILES string of the molecule is CCCNCCCCS(=O)(=O)Nc1ccc(C)nc1. The third-order valence-corrected chi connectivity index (χ3v) is 4.00. The largest absolute Gasteiger partial charge is 0.317 e. The molecule has 0 fully saturated rings. The molecule has 0 unspecified atom stereocenters. The Labute approximate surface area is 115 Å². The molecule has 1 aromatic rings. The van der Waals surface area contributed by atoms with Gasteiger partial charge in [0.1, 0.15) is 0 Å². The van der Waals surface area contributed by atoms with Gasteiger partial charge in [-0.15, -0.1) is 0 Å². The second-order valence-corrected chi connectivity index (χ2v) is 6.41. The van der Waals surface area contributed by atoms with Gasteiger partial charge in [-0.1, -0.05) is 6.92 Å². The number of pyridine rings is 1. The van der Waals surface area contributed by atoms with Crippen LogP contribution in [0.15, 0.2) is 18.3 Å². The van der Waals surface area contributed by atoms with E-state index in [2.05, 4.69) is 21.9 Å². The van der Waals surface area contributed by atoms with Gasteiger partial charge in [-0.3, -0.25) is 9.71 Å². The number of nitrogens with one attached hydrogen (secondary N) is 2. The van der Waals surface area contributed by atoms with Gasteiger partial charge >= 0.3 is 0 Å². The van der Waals surface area contributed by atoms with Crippen molar-refractivity contribution in [3.8, 4) is 0 Å². The van der Waals surface area contributed by atoms with Crippen LogP contribution in [-0.4, -0.2) is 32.2 Å². The monoisotopic (exact) mass is 285 g/mol. The van der Waals surface area contributed by atoms with Crippen LogP contribution in [0.2, 0.25) is 0 Å². The van der Waals surface area contributed by atoms with E-state index >= 15 is 0 Å². The molecule has 1 heterocycles. The molecule has 0 saturated carbocycles. The van der Waals surface area contributed by atoms with Crippen molar-refractivity contribution in [2.45, 2.75) is 33.1 Å². The highest BCUT2D eigenvalue weighted by atomic mass is 32.2. The lowest BCUT2D eigenvalue weighted by Crippen LogP contribution is -2.20. The van der Waals surface area contributed by atoms with E-state index in [0.717, 1.165) is 31.6 Å². The highest BCUT2D eigenvalue weighted by Crippen LogP contribution is 2.09. The minimum absolute atomic E-state index is 0.148. The van der Waals surface area contributed by atoms with Crippen molar-refractivity contribution in [3.05, 3.63) is 24.0 Å². The summed E-state index contributed by atoms with van der Waals surface area (Å²) >= 11 is 0. The number of aryl methyl sites for hydroxylation is 1. The van der Waals surface area contributed by atoms with Crippen LogP contribution in [0, 0.1) is 6.92 Å². The van der Waals surface area contributed by atoms with Gasteiger partial charge in [0, 0.05) is 5.69 Å². The van der Waals surface area contributed by atoms with Crippen molar-refractivity contribution >= 4 is 15.7 Å². The number of rotatable bonds is 9. The number of unbranched alkanes of at least 4 members (excludes halogenated alkanes) is 1. The molecule has 0 radical (unpaired) electrons. The Morgan fingerprint density at radius 2 is 2.00 bits per heavy atom. The molecule has 0 aliphatic carbocycles. The molecule has 5 nitrogen and oxygen atoms in total. The van der Waals surface area contributed by atoms with Crippen molar-refractivity contribution in [2.24, 2.45) is 0 Å². The normalized spacial score (nSPS) is 11.5. The molecule has 0 aliphatic rings. The third-order valence-electron chi connectivity index (χ3n) is 2.63. The van der Waals surface area contributed by atoms with Gasteiger partial charge in [-0.05, 0) is 51.4 Å². The van der Waals surface area contributed by atoms with Crippen LogP contribution in [0.4, 0.5) is 5.69 Å². The first-order chi connectivity index (χ1) is 9.03. The fourth-order valence-electron chi connectivity index (χ4n) is 1.60. The Bertz CT molecular complexity index is 457. The Hall–Kier alpha value is -1.14. The zero-order valence-corrected chi connectivity index (χ0v) is 12.5. The van der Waals surface area contributed by atoms with Gasteiger partial charge in [0.05, 0.1) is 17.6 Å². The van der Waals surface area contributed by atoms with Gasteiger partial charge in [0.2, 0.25) is 10.0 Å². The summed E-state index contributed by atoms with van der Waals surface area (Å²) in [5, 5.41) is 3.25. The van der Waals surface area contributed by atoms with E-state index in [1.165, 1.54) is 6.20 Å². The number of hydrogen-bond acceptors (Lipinski definition) is 4. The summed E-state index contributed by atoms with van der Waals surface area (Å²) in [5.41, 5.74) is 1.39. The van der Waals surface area contributed by atoms with E-state index in [4.69, 9.17) is 0 Å². The minimum atomic E-state index is -3.26. The zero-order valence-electron chi connectivity index (χ0n) is 11.6. The molecule has 6 heteroatoms. The lowest BCUT2D eigenvalue weighted by atomic mass is 10.3. The van der Waals surface area contributed by atoms with Gasteiger partial charge in [-0.25, -0.2) is 8.42 Å². The van der Waals surface area contributed by atoms with E-state index in [0.29, 0.717) is 12.1 Å². The minimum Gasteiger partial charge on any atom is -0.317 e. The number of nitrogens with zero attached hydrogens (tertiary/aromatic N) is 1. The number of hydrogen-bond donors (Lipinski definition) is 2. The van der Waals surface area contributed by atoms with Gasteiger partial charge < -0.3 is 5.32 Å². The molecule has 0 atom stereocenters. The van der Waals surface area contributed by atoms with Crippen LogP contribution in [0.3, 0.4) is 0 Å². The summed E-state index contributed by atoms with van der Waals surface area (Å²) in [7, 11) is -3.26. The summed E-state index contributed by atoms with van der Waals surface area (Å²) in [5.74, 6) is 0.148. The van der Waals surface area contributed by atoms with Crippen LogP contribution in [0.25, 0.3) is 0 Å². The van der Waals surface area contributed by atoms with Crippen LogP contribution >= 0.6 is 0 Å². The first-order valence-corrected chi connectivity index (χ1v) is 8.32. The van der Waals surface area contributed by atoms with E-state index < -0.39 is 10.0 Å². The van der Waals surface area contributed by atoms with Crippen molar-refractivity contribution in [2.75, 3.05) is 23.6 Å². The molecular weight excluding hydrogens is 262 g/mol. The van der Waals surface area contributed by atoms with E-state index in [1.807, 2.05) is 6.92 Å². The summed E-state index contributed by atoms with van der Waals surface area (Å²) in [6, 6.07) is 3.51. The highest BCUT2D eigenvalue weighted by molar-refractivity contribution is 7.92. The second kappa shape index (κ2) is 8.12. The van der Waals surface area contributed by atoms with Crippen molar-refractivity contribution in [3.63, 3.8) is 0 Å². The number of anilines is 1. The van der Waals surface area contributed by atoms with Crippen molar-refractivity contribution in [1.29, 1.82) is 0 Å². The zero-order chi connectivity index (χ0) is 14.1. The standard InChI is InChI=1S/C13H23N3O2S/c1-3-8-14-9-4-5-10-19(17,18)16-13-7-6-12(2)15-11-13/h6-7,11,14,16H,3-5,8-10H2,1-2H3. The Kier molecular flexibility index (Phi) is 6.80. The lowest BCUT2D eigenvalue weighted by Gasteiger charge is -2.08. The molecule has 108 valence electrons. The summed E-state index contributed by atoms with van der Waals surface area (Å²) in [6.07, 6.45) is 4.16.